The minimum Gasteiger partial charge on any atom is -0.322 e. The van der Waals surface area contributed by atoms with Crippen molar-refractivity contribution in [1.29, 1.82) is 0 Å². The highest BCUT2D eigenvalue weighted by atomic mass is 79.9. The first kappa shape index (κ1) is 20.3. The molecule has 4 aromatic rings. The van der Waals surface area contributed by atoms with Gasteiger partial charge in [0.05, 0.1) is 17.6 Å². The lowest BCUT2D eigenvalue weighted by molar-refractivity contribution is 0.102. The number of carbonyl (C=O) groups is 1. The zero-order valence-electron chi connectivity index (χ0n) is 16.5. The Hall–Kier alpha value is -3.03. The monoisotopic (exact) mass is 478 g/mol. The molecular weight excluding hydrogens is 460 g/mol. The van der Waals surface area contributed by atoms with E-state index < -0.39 is 0 Å². The zero-order chi connectivity index (χ0) is 21.1. The van der Waals surface area contributed by atoms with E-state index in [-0.39, 0.29) is 5.91 Å². The number of hydrogen-bond acceptors (Lipinski definition) is 5. The SMILES string of the molecule is Cc1ccc(C(=O)Nc2ccc(C)c(N(c3cccnc3)c3nccs3)c2)cc1Br. The highest BCUT2D eigenvalue weighted by molar-refractivity contribution is 9.10. The van der Waals surface area contributed by atoms with Gasteiger partial charge in [0, 0.05) is 33.5 Å². The lowest BCUT2D eigenvalue weighted by Crippen LogP contribution is -2.14. The van der Waals surface area contributed by atoms with E-state index in [2.05, 4.69) is 31.2 Å². The van der Waals surface area contributed by atoms with Crippen LogP contribution in [0.5, 0.6) is 0 Å². The number of aryl methyl sites for hydroxylation is 2. The first-order valence-electron chi connectivity index (χ1n) is 9.31. The van der Waals surface area contributed by atoms with Crippen LogP contribution in [0.1, 0.15) is 21.5 Å². The molecule has 4 rings (SSSR count). The lowest BCUT2D eigenvalue weighted by atomic mass is 10.1. The van der Waals surface area contributed by atoms with Crippen LogP contribution in [-0.4, -0.2) is 15.9 Å². The first-order valence-corrected chi connectivity index (χ1v) is 11.0. The summed E-state index contributed by atoms with van der Waals surface area (Å²) in [6.07, 6.45) is 5.32. The van der Waals surface area contributed by atoms with Crippen LogP contribution in [0.3, 0.4) is 0 Å². The molecule has 2 aromatic heterocycles. The molecule has 0 fully saturated rings. The summed E-state index contributed by atoms with van der Waals surface area (Å²) in [6.45, 7) is 4.03. The van der Waals surface area contributed by atoms with Crippen molar-refractivity contribution in [1.82, 2.24) is 9.97 Å². The topological polar surface area (TPSA) is 58.1 Å². The molecule has 7 heteroatoms. The molecule has 30 heavy (non-hydrogen) atoms. The number of nitrogens with one attached hydrogen (secondary N) is 1. The number of pyridine rings is 1. The number of thiazole rings is 1. The summed E-state index contributed by atoms with van der Waals surface area (Å²) >= 11 is 5.03. The molecule has 0 unspecified atom stereocenters. The van der Waals surface area contributed by atoms with E-state index >= 15 is 0 Å². The molecule has 0 atom stereocenters. The minimum absolute atomic E-state index is 0.160. The van der Waals surface area contributed by atoms with Crippen LogP contribution in [0.15, 0.2) is 77.0 Å². The van der Waals surface area contributed by atoms with Gasteiger partial charge in [-0.1, -0.05) is 28.1 Å². The predicted molar refractivity (Wildman–Crippen MR) is 126 cm³/mol. The molecule has 0 aliphatic carbocycles. The third-order valence-electron chi connectivity index (χ3n) is 4.66. The summed E-state index contributed by atoms with van der Waals surface area (Å²) in [5.41, 5.74) is 5.29. The molecule has 0 bridgehead atoms. The van der Waals surface area contributed by atoms with Crippen LogP contribution in [0, 0.1) is 13.8 Å². The van der Waals surface area contributed by atoms with E-state index in [0.717, 1.165) is 32.1 Å². The highest BCUT2D eigenvalue weighted by Crippen LogP contribution is 2.38. The Kier molecular flexibility index (Phi) is 5.92. The highest BCUT2D eigenvalue weighted by Gasteiger charge is 2.18. The summed E-state index contributed by atoms with van der Waals surface area (Å²) in [5.74, 6) is -0.160. The fourth-order valence-corrected chi connectivity index (χ4v) is 4.08. The molecule has 0 aliphatic heterocycles. The van der Waals surface area contributed by atoms with E-state index in [0.29, 0.717) is 11.3 Å². The van der Waals surface area contributed by atoms with Gasteiger partial charge in [-0.2, -0.15) is 0 Å². The van der Waals surface area contributed by atoms with E-state index in [1.165, 1.54) is 0 Å². The maximum absolute atomic E-state index is 12.8. The van der Waals surface area contributed by atoms with Crippen molar-refractivity contribution in [3.8, 4) is 0 Å². The average Bonchev–Trinajstić information content (AvgIpc) is 3.27. The fourth-order valence-electron chi connectivity index (χ4n) is 3.03. The molecule has 150 valence electrons. The minimum atomic E-state index is -0.160. The summed E-state index contributed by atoms with van der Waals surface area (Å²) in [6, 6.07) is 15.3. The van der Waals surface area contributed by atoms with Gasteiger partial charge in [0.15, 0.2) is 5.13 Å². The van der Waals surface area contributed by atoms with Crippen LogP contribution in [0.25, 0.3) is 0 Å². The van der Waals surface area contributed by atoms with Gasteiger partial charge in [-0.15, -0.1) is 11.3 Å². The van der Waals surface area contributed by atoms with E-state index in [1.54, 1.807) is 29.9 Å². The van der Waals surface area contributed by atoms with Gasteiger partial charge in [0.2, 0.25) is 0 Å². The Bertz CT molecular complexity index is 1180. The van der Waals surface area contributed by atoms with Gasteiger partial charge in [0.25, 0.3) is 5.91 Å². The number of carbonyl (C=O) groups excluding carboxylic acids is 1. The van der Waals surface area contributed by atoms with Gasteiger partial charge in [-0.3, -0.25) is 14.7 Å². The summed E-state index contributed by atoms with van der Waals surface area (Å²) in [7, 11) is 0. The first-order chi connectivity index (χ1) is 14.5. The number of aromatic nitrogens is 2. The Morgan fingerprint density at radius 1 is 1.07 bits per heavy atom. The van der Waals surface area contributed by atoms with E-state index in [1.807, 2.05) is 72.7 Å². The number of nitrogens with zero attached hydrogens (tertiary/aromatic N) is 3. The normalized spacial score (nSPS) is 10.6. The van der Waals surface area contributed by atoms with Crippen molar-refractivity contribution in [3.63, 3.8) is 0 Å². The van der Waals surface area contributed by atoms with Crippen molar-refractivity contribution in [2.75, 3.05) is 10.2 Å². The molecule has 0 saturated carbocycles. The summed E-state index contributed by atoms with van der Waals surface area (Å²) in [4.78, 5) is 23.6. The number of rotatable bonds is 5. The van der Waals surface area contributed by atoms with Gasteiger partial charge in [-0.05, 0) is 61.4 Å². The van der Waals surface area contributed by atoms with Crippen molar-refractivity contribution in [2.24, 2.45) is 0 Å². The third-order valence-corrected chi connectivity index (χ3v) is 6.27. The zero-order valence-corrected chi connectivity index (χ0v) is 18.9. The van der Waals surface area contributed by atoms with Crippen LogP contribution < -0.4 is 10.2 Å². The number of anilines is 4. The molecular formula is C23H19BrN4OS. The third kappa shape index (κ3) is 4.27. The smallest absolute Gasteiger partial charge is 0.255 e. The second-order valence-electron chi connectivity index (χ2n) is 6.78. The second-order valence-corrected chi connectivity index (χ2v) is 8.51. The number of hydrogen-bond donors (Lipinski definition) is 1. The molecule has 0 saturated heterocycles. The quantitative estimate of drug-likeness (QED) is 0.349. The van der Waals surface area contributed by atoms with Crippen molar-refractivity contribution in [2.45, 2.75) is 13.8 Å². The average molecular weight is 479 g/mol. The van der Waals surface area contributed by atoms with Crippen LogP contribution in [0.4, 0.5) is 22.2 Å². The molecule has 5 nitrogen and oxygen atoms in total. The van der Waals surface area contributed by atoms with Gasteiger partial charge >= 0.3 is 0 Å². The summed E-state index contributed by atoms with van der Waals surface area (Å²) in [5, 5.41) is 5.78. The molecule has 2 heterocycles. The Morgan fingerprint density at radius 2 is 1.90 bits per heavy atom. The summed E-state index contributed by atoms with van der Waals surface area (Å²) < 4.78 is 0.909. The van der Waals surface area contributed by atoms with Gasteiger partial charge < -0.3 is 5.32 Å². The molecule has 1 amide bonds. The van der Waals surface area contributed by atoms with E-state index in [4.69, 9.17) is 0 Å². The number of amides is 1. The fraction of sp³-hybridized carbons (Fsp3) is 0.0870. The van der Waals surface area contributed by atoms with Crippen molar-refractivity contribution >= 4 is 55.4 Å². The Labute approximate surface area is 187 Å². The maximum Gasteiger partial charge on any atom is 0.255 e. The van der Waals surface area contributed by atoms with Crippen LogP contribution >= 0.6 is 27.3 Å². The van der Waals surface area contributed by atoms with Crippen molar-refractivity contribution < 1.29 is 4.79 Å². The van der Waals surface area contributed by atoms with Crippen molar-refractivity contribution in [3.05, 3.63) is 93.7 Å². The van der Waals surface area contributed by atoms with Gasteiger partial charge in [0.1, 0.15) is 0 Å². The number of benzene rings is 2. The number of halogens is 1. The van der Waals surface area contributed by atoms with E-state index in [9.17, 15) is 4.79 Å². The molecule has 0 spiro atoms. The standard InChI is InChI=1S/C23H19BrN4OS/c1-15-5-7-17(12-20(15)24)22(29)27-18-8-6-16(2)21(13-18)28(23-26-10-11-30-23)19-4-3-9-25-14-19/h3-14H,1-2H3,(H,27,29). The maximum atomic E-state index is 12.8. The lowest BCUT2D eigenvalue weighted by Gasteiger charge is -2.24. The largest absolute Gasteiger partial charge is 0.322 e. The van der Waals surface area contributed by atoms with Gasteiger partial charge in [-0.25, -0.2) is 4.98 Å². The molecule has 1 N–H and O–H groups in total. The Balaban J connectivity index is 1.70. The van der Waals surface area contributed by atoms with Crippen LogP contribution in [-0.2, 0) is 0 Å². The van der Waals surface area contributed by atoms with Crippen LogP contribution in [0.2, 0.25) is 0 Å². The molecule has 2 aromatic carbocycles. The Morgan fingerprint density at radius 3 is 2.60 bits per heavy atom. The predicted octanol–water partition coefficient (Wildman–Crippen LogP) is 6.64. The second kappa shape index (κ2) is 8.77. The molecule has 0 radical (unpaired) electrons. The molecule has 0 aliphatic rings.